The summed E-state index contributed by atoms with van der Waals surface area (Å²) >= 11 is 0. The molecule has 19 heavy (non-hydrogen) atoms. The van der Waals surface area contributed by atoms with Crippen molar-refractivity contribution in [1.29, 1.82) is 5.26 Å². The summed E-state index contributed by atoms with van der Waals surface area (Å²) < 4.78 is 0. The van der Waals surface area contributed by atoms with Gasteiger partial charge in [0.05, 0.1) is 6.07 Å². The number of nitriles is 1. The van der Waals surface area contributed by atoms with Crippen LogP contribution in [0.1, 0.15) is 39.2 Å². The van der Waals surface area contributed by atoms with Gasteiger partial charge in [-0.15, -0.1) is 0 Å². The van der Waals surface area contributed by atoms with E-state index in [9.17, 15) is 10.1 Å². The smallest absolute Gasteiger partial charge is 0.247 e. The zero-order chi connectivity index (χ0) is 14.5. The van der Waals surface area contributed by atoms with Gasteiger partial charge in [0.25, 0.3) is 0 Å². The van der Waals surface area contributed by atoms with Gasteiger partial charge >= 0.3 is 0 Å². The first kappa shape index (κ1) is 15.2. The lowest BCUT2D eigenvalue weighted by molar-refractivity contribution is -0.125. The highest BCUT2D eigenvalue weighted by atomic mass is 16.2. The predicted octanol–water partition coefficient (Wildman–Crippen LogP) is 3.54. The Bertz CT molecular complexity index is 467. The van der Waals surface area contributed by atoms with Crippen molar-refractivity contribution < 1.29 is 4.79 Å². The summed E-state index contributed by atoms with van der Waals surface area (Å²) in [5, 5.41) is 9.33. The molecule has 0 aromatic heterocycles. The number of benzene rings is 1. The topological polar surface area (TPSA) is 44.1 Å². The summed E-state index contributed by atoms with van der Waals surface area (Å²) in [6, 6.07) is 10.1. The van der Waals surface area contributed by atoms with Gasteiger partial charge in [-0.2, -0.15) is 5.26 Å². The maximum absolute atomic E-state index is 12.5. The molecule has 0 saturated carbocycles. The van der Waals surface area contributed by atoms with Crippen molar-refractivity contribution in [3.8, 4) is 6.07 Å². The second-order valence-electron chi connectivity index (χ2n) is 4.79. The highest BCUT2D eigenvalue weighted by molar-refractivity contribution is 5.98. The molecule has 0 saturated heterocycles. The lowest BCUT2D eigenvalue weighted by Crippen LogP contribution is -2.40. The van der Waals surface area contributed by atoms with Gasteiger partial charge in [0.15, 0.2) is 0 Å². The van der Waals surface area contributed by atoms with E-state index in [0.717, 1.165) is 12.1 Å². The molecule has 0 aliphatic heterocycles. The zero-order valence-corrected chi connectivity index (χ0v) is 12.2. The summed E-state index contributed by atoms with van der Waals surface area (Å²) in [6.07, 6.45) is 2.05. The van der Waals surface area contributed by atoms with Gasteiger partial charge in [0, 0.05) is 12.7 Å². The van der Waals surface area contributed by atoms with Crippen LogP contribution in [0.25, 0.3) is 0 Å². The molecule has 1 rings (SSSR count). The van der Waals surface area contributed by atoms with Gasteiger partial charge in [-0.05, 0) is 37.0 Å². The molecule has 102 valence electrons. The predicted molar refractivity (Wildman–Crippen MR) is 77.9 cm³/mol. The van der Waals surface area contributed by atoms with Gasteiger partial charge < -0.3 is 4.90 Å². The number of amides is 1. The Kier molecular flexibility index (Phi) is 5.11. The first-order chi connectivity index (χ1) is 9.04. The molecule has 0 heterocycles. The van der Waals surface area contributed by atoms with Gasteiger partial charge in [-0.25, -0.2) is 0 Å². The minimum Gasteiger partial charge on any atom is -0.314 e. The maximum atomic E-state index is 12.5. The van der Waals surface area contributed by atoms with E-state index in [4.69, 9.17) is 0 Å². The summed E-state index contributed by atoms with van der Waals surface area (Å²) in [6.45, 7) is 5.87. The molecule has 3 nitrogen and oxygen atoms in total. The number of anilines is 1. The third-order valence-electron chi connectivity index (χ3n) is 3.87. The van der Waals surface area contributed by atoms with Crippen molar-refractivity contribution in [3.05, 3.63) is 29.8 Å². The Morgan fingerprint density at radius 2 is 1.74 bits per heavy atom. The number of hydrogen-bond donors (Lipinski definition) is 0. The molecule has 0 N–H and O–H groups in total. The van der Waals surface area contributed by atoms with E-state index in [2.05, 4.69) is 13.0 Å². The quantitative estimate of drug-likeness (QED) is 0.810. The molecule has 0 spiro atoms. The summed E-state index contributed by atoms with van der Waals surface area (Å²) in [4.78, 5) is 14.1. The first-order valence-electron chi connectivity index (χ1n) is 6.83. The van der Waals surface area contributed by atoms with E-state index in [-0.39, 0.29) is 5.91 Å². The minimum absolute atomic E-state index is 0.121. The molecule has 0 aliphatic rings. The second-order valence-corrected chi connectivity index (χ2v) is 4.79. The largest absolute Gasteiger partial charge is 0.314 e. The lowest BCUT2D eigenvalue weighted by atomic mass is 9.82. The van der Waals surface area contributed by atoms with E-state index in [1.165, 1.54) is 5.56 Å². The molecule has 1 aromatic rings. The van der Waals surface area contributed by atoms with Crippen LogP contribution in [0.5, 0.6) is 0 Å². The number of carbonyl (C=O) groups is 1. The highest BCUT2D eigenvalue weighted by Gasteiger charge is 2.37. The summed E-state index contributed by atoms with van der Waals surface area (Å²) in [5.74, 6) is -0.121. The Balaban J connectivity index is 3.01. The highest BCUT2D eigenvalue weighted by Crippen LogP contribution is 2.29. The van der Waals surface area contributed by atoms with E-state index < -0.39 is 5.41 Å². The second kappa shape index (κ2) is 6.38. The number of aryl methyl sites for hydroxylation is 1. The SMILES string of the molecule is CCc1ccc(N(C)C(=O)C(C#N)(CC)CC)cc1. The Labute approximate surface area is 115 Å². The molecule has 0 fully saturated rings. The molecule has 3 heteroatoms. The van der Waals surface area contributed by atoms with E-state index in [1.54, 1.807) is 11.9 Å². The zero-order valence-electron chi connectivity index (χ0n) is 12.2. The van der Waals surface area contributed by atoms with Crippen molar-refractivity contribution in [1.82, 2.24) is 0 Å². The van der Waals surface area contributed by atoms with Crippen molar-refractivity contribution in [2.45, 2.75) is 40.0 Å². The van der Waals surface area contributed by atoms with Gasteiger partial charge in [0.2, 0.25) is 5.91 Å². The standard InChI is InChI=1S/C16H22N2O/c1-5-13-8-10-14(11-9-13)18(4)15(19)16(6-2,7-3)12-17/h8-11H,5-7H2,1-4H3. The molecule has 0 aliphatic carbocycles. The Hall–Kier alpha value is -1.82. The van der Waals surface area contributed by atoms with Crippen LogP contribution in [0.3, 0.4) is 0 Å². The Morgan fingerprint density at radius 3 is 2.11 bits per heavy atom. The van der Waals surface area contributed by atoms with Crippen molar-refractivity contribution in [3.63, 3.8) is 0 Å². The molecule has 1 amide bonds. The molecule has 0 atom stereocenters. The van der Waals surface area contributed by atoms with Crippen LogP contribution in [0.4, 0.5) is 5.69 Å². The fourth-order valence-corrected chi connectivity index (χ4v) is 2.15. The van der Waals surface area contributed by atoms with Crippen LogP contribution in [-0.4, -0.2) is 13.0 Å². The van der Waals surface area contributed by atoms with E-state index in [1.807, 2.05) is 38.1 Å². The van der Waals surface area contributed by atoms with Crippen LogP contribution >= 0.6 is 0 Å². The van der Waals surface area contributed by atoms with Crippen molar-refractivity contribution in [2.75, 3.05) is 11.9 Å². The third kappa shape index (κ3) is 2.96. The number of rotatable bonds is 5. The number of carbonyl (C=O) groups excluding carboxylic acids is 1. The van der Waals surface area contributed by atoms with Crippen LogP contribution in [-0.2, 0) is 11.2 Å². The van der Waals surface area contributed by atoms with Crippen LogP contribution < -0.4 is 4.90 Å². The first-order valence-corrected chi connectivity index (χ1v) is 6.83. The summed E-state index contributed by atoms with van der Waals surface area (Å²) in [5.41, 5.74) is 1.17. The molecule has 1 aromatic carbocycles. The molecule has 0 bridgehead atoms. The minimum atomic E-state index is -0.905. The van der Waals surface area contributed by atoms with Crippen LogP contribution in [0.2, 0.25) is 0 Å². The van der Waals surface area contributed by atoms with Crippen LogP contribution in [0.15, 0.2) is 24.3 Å². The van der Waals surface area contributed by atoms with Crippen LogP contribution in [0, 0.1) is 16.7 Å². The number of nitrogens with zero attached hydrogens (tertiary/aromatic N) is 2. The van der Waals surface area contributed by atoms with E-state index >= 15 is 0 Å². The van der Waals surface area contributed by atoms with Gasteiger partial charge in [-0.1, -0.05) is 32.9 Å². The average Bonchev–Trinajstić information content (AvgIpc) is 2.48. The normalized spacial score (nSPS) is 10.9. The average molecular weight is 258 g/mol. The maximum Gasteiger partial charge on any atom is 0.247 e. The molecule has 0 radical (unpaired) electrons. The monoisotopic (exact) mass is 258 g/mol. The lowest BCUT2D eigenvalue weighted by Gasteiger charge is -2.28. The van der Waals surface area contributed by atoms with Gasteiger partial charge in [-0.3, -0.25) is 4.79 Å². The van der Waals surface area contributed by atoms with Crippen molar-refractivity contribution in [2.24, 2.45) is 5.41 Å². The molecular formula is C16H22N2O. The van der Waals surface area contributed by atoms with Crippen molar-refractivity contribution >= 4 is 11.6 Å². The van der Waals surface area contributed by atoms with E-state index in [0.29, 0.717) is 12.8 Å². The fourth-order valence-electron chi connectivity index (χ4n) is 2.15. The molecule has 0 unspecified atom stereocenters. The summed E-state index contributed by atoms with van der Waals surface area (Å²) in [7, 11) is 1.74. The van der Waals surface area contributed by atoms with Gasteiger partial charge in [0.1, 0.15) is 5.41 Å². The number of hydrogen-bond acceptors (Lipinski definition) is 2. The Morgan fingerprint density at radius 1 is 1.21 bits per heavy atom. The molecular weight excluding hydrogens is 236 g/mol. The fraction of sp³-hybridized carbons (Fsp3) is 0.500. The third-order valence-corrected chi connectivity index (χ3v) is 3.87.